The predicted molar refractivity (Wildman–Crippen MR) is 58.5 cm³/mol. The molecule has 2 N–H and O–H groups in total. The number of benzene rings is 1. The molecule has 16 heavy (non-hydrogen) atoms. The summed E-state index contributed by atoms with van der Waals surface area (Å²) in [5.41, 5.74) is 5.42. The first-order chi connectivity index (χ1) is 7.74. The molecule has 5 nitrogen and oxygen atoms in total. The average Bonchev–Trinajstić information content (AvgIpc) is 2.30. The van der Waals surface area contributed by atoms with Crippen LogP contribution >= 0.6 is 0 Å². The molecule has 1 rings (SSSR count). The maximum Gasteiger partial charge on any atom is 0.321 e. The lowest BCUT2D eigenvalue weighted by molar-refractivity contribution is -0.142. The van der Waals surface area contributed by atoms with Crippen molar-refractivity contribution in [3.8, 4) is 0 Å². The van der Waals surface area contributed by atoms with Gasteiger partial charge >= 0.3 is 5.97 Å². The number of amides is 1. The summed E-state index contributed by atoms with van der Waals surface area (Å²) in [6, 6.07) is 8.71. The van der Waals surface area contributed by atoms with Gasteiger partial charge in [-0.25, -0.2) is 5.43 Å². The van der Waals surface area contributed by atoms with Gasteiger partial charge in [-0.15, -0.1) is 0 Å². The Labute approximate surface area is 93.8 Å². The van der Waals surface area contributed by atoms with E-state index in [-0.39, 0.29) is 12.5 Å². The van der Waals surface area contributed by atoms with E-state index in [0.29, 0.717) is 12.2 Å². The monoisotopic (exact) mass is 222 g/mol. The third kappa shape index (κ3) is 4.10. The number of hydrogen-bond donors (Lipinski definition) is 2. The summed E-state index contributed by atoms with van der Waals surface area (Å²) in [4.78, 5) is 22.4. The number of carbonyl (C=O) groups is 2. The molecule has 1 aromatic rings. The zero-order valence-electron chi connectivity index (χ0n) is 9.03. The van der Waals surface area contributed by atoms with Crippen LogP contribution in [0.3, 0.4) is 0 Å². The zero-order valence-corrected chi connectivity index (χ0v) is 9.03. The van der Waals surface area contributed by atoms with Gasteiger partial charge in [0.05, 0.1) is 6.61 Å². The molecule has 0 saturated carbocycles. The van der Waals surface area contributed by atoms with Gasteiger partial charge in [-0.05, 0) is 19.1 Å². The van der Waals surface area contributed by atoms with E-state index >= 15 is 0 Å². The highest BCUT2D eigenvalue weighted by atomic mass is 16.5. The quantitative estimate of drug-likeness (QED) is 0.562. The van der Waals surface area contributed by atoms with Crippen LogP contribution in [0.1, 0.15) is 17.3 Å². The van der Waals surface area contributed by atoms with E-state index < -0.39 is 5.97 Å². The number of esters is 1. The molecule has 0 aliphatic carbocycles. The molecule has 0 aliphatic heterocycles. The minimum Gasteiger partial charge on any atom is -0.465 e. The molecule has 0 unspecified atom stereocenters. The van der Waals surface area contributed by atoms with Crippen LogP contribution < -0.4 is 10.9 Å². The highest BCUT2D eigenvalue weighted by Crippen LogP contribution is 1.96. The number of carbonyl (C=O) groups excluding carboxylic acids is 2. The topological polar surface area (TPSA) is 67.4 Å². The lowest BCUT2D eigenvalue weighted by atomic mass is 10.2. The van der Waals surface area contributed by atoms with Gasteiger partial charge in [0.2, 0.25) is 0 Å². The van der Waals surface area contributed by atoms with Crippen molar-refractivity contribution in [1.82, 2.24) is 10.9 Å². The van der Waals surface area contributed by atoms with Crippen molar-refractivity contribution in [1.29, 1.82) is 0 Å². The summed E-state index contributed by atoms with van der Waals surface area (Å²) in [5.74, 6) is -0.694. The molecule has 0 aromatic heterocycles. The lowest BCUT2D eigenvalue weighted by Gasteiger charge is -2.06. The molecule has 0 spiro atoms. The summed E-state index contributed by atoms with van der Waals surface area (Å²) in [6.07, 6.45) is 0. The van der Waals surface area contributed by atoms with Crippen LogP contribution in [0.15, 0.2) is 30.3 Å². The molecule has 0 radical (unpaired) electrons. The second kappa shape index (κ2) is 6.58. The molecule has 5 heteroatoms. The normalized spacial score (nSPS) is 9.56. The van der Waals surface area contributed by atoms with Gasteiger partial charge in [-0.1, -0.05) is 18.2 Å². The van der Waals surface area contributed by atoms with E-state index in [1.807, 2.05) is 6.07 Å². The van der Waals surface area contributed by atoms with Gasteiger partial charge in [0.1, 0.15) is 6.54 Å². The predicted octanol–water partition coefficient (Wildman–Crippen LogP) is 0.484. The average molecular weight is 222 g/mol. The first-order valence-corrected chi connectivity index (χ1v) is 4.98. The fraction of sp³-hybridized carbons (Fsp3) is 0.273. The smallest absolute Gasteiger partial charge is 0.321 e. The van der Waals surface area contributed by atoms with E-state index in [2.05, 4.69) is 15.6 Å². The molecule has 1 aromatic carbocycles. The lowest BCUT2D eigenvalue weighted by Crippen LogP contribution is -2.40. The van der Waals surface area contributed by atoms with Gasteiger partial charge in [0.15, 0.2) is 0 Å². The van der Waals surface area contributed by atoms with E-state index in [1.165, 1.54) is 0 Å². The third-order valence-corrected chi connectivity index (χ3v) is 1.78. The molecule has 0 saturated heterocycles. The van der Waals surface area contributed by atoms with Gasteiger partial charge in [-0.3, -0.25) is 15.0 Å². The van der Waals surface area contributed by atoms with Gasteiger partial charge in [-0.2, -0.15) is 0 Å². The first-order valence-electron chi connectivity index (χ1n) is 4.98. The van der Waals surface area contributed by atoms with Gasteiger partial charge in [0.25, 0.3) is 5.91 Å². The van der Waals surface area contributed by atoms with E-state index in [1.54, 1.807) is 31.2 Å². The first kappa shape index (κ1) is 12.2. The van der Waals surface area contributed by atoms with Crippen molar-refractivity contribution in [2.24, 2.45) is 0 Å². The van der Waals surface area contributed by atoms with Crippen molar-refractivity contribution in [3.05, 3.63) is 35.9 Å². The van der Waals surface area contributed by atoms with Crippen molar-refractivity contribution in [2.45, 2.75) is 6.92 Å². The molecule has 86 valence electrons. The summed E-state index contributed by atoms with van der Waals surface area (Å²) in [7, 11) is 0. The van der Waals surface area contributed by atoms with E-state index in [0.717, 1.165) is 0 Å². The Kier molecular flexibility index (Phi) is 5.01. The summed E-state index contributed by atoms with van der Waals surface area (Å²) < 4.78 is 4.68. The van der Waals surface area contributed by atoms with E-state index in [9.17, 15) is 9.59 Å². The molecular weight excluding hydrogens is 208 g/mol. The Morgan fingerprint density at radius 2 is 1.94 bits per heavy atom. The standard InChI is InChI=1S/C11H14N2O3/c1-2-16-10(14)8-12-13-11(15)9-6-4-3-5-7-9/h3-7,12H,2,8H2,1H3,(H,13,15). The maximum atomic E-state index is 11.5. The van der Waals surface area contributed by atoms with Crippen molar-refractivity contribution in [3.63, 3.8) is 0 Å². The van der Waals surface area contributed by atoms with Crippen molar-refractivity contribution in [2.75, 3.05) is 13.2 Å². The molecule has 0 fully saturated rings. The number of hydrogen-bond acceptors (Lipinski definition) is 4. The Balaban J connectivity index is 2.29. The highest BCUT2D eigenvalue weighted by Gasteiger charge is 2.05. The van der Waals surface area contributed by atoms with Gasteiger partial charge < -0.3 is 4.74 Å². The Morgan fingerprint density at radius 1 is 1.25 bits per heavy atom. The van der Waals surface area contributed by atoms with Crippen LogP contribution in [-0.4, -0.2) is 25.0 Å². The molecule has 0 aliphatic rings. The van der Waals surface area contributed by atoms with Crippen molar-refractivity contribution >= 4 is 11.9 Å². The third-order valence-electron chi connectivity index (χ3n) is 1.78. The largest absolute Gasteiger partial charge is 0.465 e. The summed E-state index contributed by atoms with van der Waals surface area (Å²) in [5, 5.41) is 0. The maximum absolute atomic E-state index is 11.5. The second-order valence-corrected chi connectivity index (χ2v) is 2.98. The molecule has 0 atom stereocenters. The minimum atomic E-state index is -0.407. The fourth-order valence-corrected chi connectivity index (χ4v) is 1.07. The van der Waals surface area contributed by atoms with E-state index in [4.69, 9.17) is 0 Å². The molecular formula is C11H14N2O3. The number of hydrazine groups is 1. The Bertz CT molecular complexity index is 352. The van der Waals surface area contributed by atoms with Crippen LogP contribution in [0, 0.1) is 0 Å². The Hall–Kier alpha value is -1.88. The molecule has 0 heterocycles. The van der Waals surface area contributed by atoms with Crippen LogP contribution in [-0.2, 0) is 9.53 Å². The van der Waals surface area contributed by atoms with Crippen LogP contribution in [0.4, 0.5) is 0 Å². The van der Waals surface area contributed by atoms with Gasteiger partial charge in [0, 0.05) is 5.56 Å². The summed E-state index contributed by atoms with van der Waals surface area (Å²) in [6.45, 7) is 2.00. The second-order valence-electron chi connectivity index (χ2n) is 2.98. The van der Waals surface area contributed by atoms with Crippen LogP contribution in [0.5, 0.6) is 0 Å². The number of rotatable bonds is 5. The molecule has 0 bridgehead atoms. The Morgan fingerprint density at radius 3 is 2.56 bits per heavy atom. The van der Waals surface area contributed by atoms with Crippen molar-refractivity contribution < 1.29 is 14.3 Å². The SMILES string of the molecule is CCOC(=O)CNNC(=O)c1ccccc1. The molecule has 1 amide bonds. The highest BCUT2D eigenvalue weighted by molar-refractivity contribution is 5.93. The fourth-order valence-electron chi connectivity index (χ4n) is 1.07. The minimum absolute atomic E-state index is 0.0492. The zero-order chi connectivity index (χ0) is 11.8. The summed E-state index contributed by atoms with van der Waals surface area (Å²) >= 11 is 0. The van der Waals surface area contributed by atoms with Crippen LogP contribution in [0.25, 0.3) is 0 Å². The number of ether oxygens (including phenoxy) is 1. The van der Waals surface area contributed by atoms with Crippen LogP contribution in [0.2, 0.25) is 0 Å². The number of nitrogens with one attached hydrogen (secondary N) is 2.